The van der Waals surface area contributed by atoms with Crippen LogP contribution in [0, 0.1) is 0 Å². The van der Waals surface area contributed by atoms with Crippen LogP contribution in [0.15, 0.2) is 53.5 Å². The zero-order valence-corrected chi connectivity index (χ0v) is 18.6. The Labute approximate surface area is 179 Å². The van der Waals surface area contributed by atoms with Gasteiger partial charge >= 0.3 is 0 Å². The number of nitrogens with one attached hydrogen (secondary N) is 2. The van der Waals surface area contributed by atoms with E-state index in [2.05, 4.69) is 55.8 Å². The summed E-state index contributed by atoms with van der Waals surface area (Å²) in [5, 5.41) is 6.90. The summed E-state index contributed by atoms with van der Waals surface area (Å²) in [5.74, 6) is 1.78. The molecule has 1 aliphatic heterocycles. The lowest BCUT2D eigenvalue weighted by molar-refractivity contribution is 0.647. The molecule has 1 atom stereocenters. The highest BCUT2D eigenvalue weighted by Gasteiger charge is 2.23. The monoisotopic (exact) mass is 480 g/mol. The Kier molecular flexibility index (Phi) is 8.15. The zero-order chi connectivity index (χ0) is 18.4. The number of aliphatic imine (C=N–C) groups is 1. The summed E-state index contributed by atoms with van der Waals surface area (Å²) in [6.45, 7) is 2.70. The largest absolute Gasteiger partial charge is 0.369 e. The van der Waals surface area contributed by atoms with Gasteiger partial charge in [0, 0.05) is 46.0 Å². The summed E-state index contributed by atoms with van der Waals surface area (Å²) in [5.41, 5.74) is 2.28. The molecular formula is C20H29IN6. The molecule has 0 saturated carbocycles. The highest BCUT2D eigenvalue weighted by molar-refractivity contribution is 14.0. The first-order valence-corrected chi connectivity index (χ1v) is 9.06. The van der Waals surface area contributed by atoms with Crippen molar-refractivity contribution >= 4 is 41.4 Å². The number of para-hydroxylation sites is 1. The fourth-order valence-electron chi connectivity index (χ4n) is 3.13. The van der Waals surface area contributed by atoms with Crippen LogP contribution in [0.25, 0.3) is 0 Å². The van der Waals surface area contributed by atoms with Gasteiger partial charge < -0.3 is 20.4 Å². The van der Waals surface area contributed by atoms with Crippen LogP contribution >= 0.6 is 24.0 Å². The van der Waals surface area contributed by atoms with E-state index in [1.165, 1.54) is 5.69 Å². The van der Waals surface area contributed by atoms with Crippen molar-refractivity contribution < 1.29 is 0 Å². The van der Waals surface area contributed by atoms with E-state index in [1.807, 2.05) is 44.2 Å². The first-order valence-electron chi connectivity index (χ1n) is 9.06. The quantitative estimate of drug-likeness (QED) is 0.392. The third-order valence-corrected chi connectivity index (χ3v) is 4.56. The maximum atomic E-state index is 4.63. The molecule has 0 bridgehead atoms. The summed E-state index contributed by atoms with van der Waals surface area (Å²) in [7, 11) is 5.81. The van der Waals surface area contributed by atoms with E-state index in [4.69, 9.17) is 0 Å². The zero-order valence-electron chi connectivity index (χ0n) is 16.2. The number of halogens is 1. The van der Waals surface area contributed by atoms with Crippen LogP contribution < -0.4 is 20.4 Å². The Morgan fingerprint density at radius 2 is 1.96 bits per heavy atom. The maximum Gasteiger partial charge on any atom is 0.191 e. The van der Waals surface area contributed by atoms with Crippen molar-refractivity contribution in [1.29, 1.82) is 0 Å². The summed E-state index contributed by atoms with van der Waals surface area (Å²) >= 11 is 0. The Balaban J connectivity index is 0.00000261. The van der Waals surface area contributed by atoms with Gasteiger partial charge in [0.2, 0.25) is 0 Å². The van der Waals surface area contributed by atoms with Crippen molar-refractivity contribution in [3.63, 3.8) is 0 Å². The smallest absolute Gasteiger partial charge is 0.191 e. The molecule has 1 saturated heterocycles. The Hall–Kier alpha value is -2.03. The van der Waals surface area contributed by atoms with Gasteiger partial charge in [-0.2, -0.15) is 0 Å². The molecule has 0 radical (unpaired) electrons. The average Bonchev–Trinajstić information content (AvgIpc) is 3.14. The highest BCUT2D eigenvalue weighted by atomic mass is 127. The van der Waals surface area contributed by atoms with Crippen molar-refractivity contribution in [2.45, 2.75) is 19.0 Å². The number of aromatic nitrogens is 1. The fourth-order valence-corrected chi connectivity index (χ4v) is 3.13. The molecule has 1 aliphatic rings. The van der Waals surface area contributed by atoms with E-state index in [-0.39, 0.29) is 24.0 Å². The molecular weight excluding hydrogens is 451 g/mol. The summed E-state index contributed by atoms with van der Waals surface area (Å²) in [6.07, 6.45) is 1.10. The Morgan fingerprint density at radius 3 is 2.67 bits per heavy atom. The third-order valence-electron chi connectivity index (χ3n) is 4.56. The molecule has 2 aromatic rings. The van der Waals surface area contributed by atoms with Gasteiger partial charge in [0.05, 0.1) is 12.2 Å². The van der Waals surface area contributed by atoms with Crippen LogP contribution in [0.2, 0.25) is 0 Å². The van der Waals surface area contributed by atoms with Gasteiger partial charge in [-0.25, -0.2) is 4.98 Å². The second-order valence-electron chi connectivity index (χ2n) is 6.72. The molecule has 1 aromatic heterocycles. The molecule has 0 amide bonds. The number of hydrogen-bond donors (Lipinski definition) is 2. The highest BCUT2D eigenvalue weighted by Crippen LogP contribution is 2.19. The van der Waals surface area contributed by atoms with Crippen molar-refractivity contribution in [1.82, 2.24) is 15.6 Å². The second kappa shape index (κ2) is 10.3. The summed E-state index contributed by atoms with van der Waals surface area (Å²) in [6, 6.07) is 17.0. The molecule has 0 aliphatic carbocycles. The Bertz CT molecular complexity index is 734. The summed E-state index contributed by atoms with van der Waals surface area (Å²) < 4.78 is 0. The van der Waals surface area contributed by atoms with E-state index in [1.54, 1.807) is 0 Å². The van der Waals surface area contributed by atoms with Crippen molar-refractivity contribution in [3.05, 3.63) is 54.2 Å². The molecule has 3 rings (SSSR count). The van der Waals surface area contributed by atoms with E-state index in [0.29, 0.717) is 12.6 Å². The molecule has 1 unspecified atom stereocenters. The van der Waals surface area contributed by atoms with Crippen molar-refractivity contribution in [2.75, 3.05) is 44.0 Å². The number of rotatable bonds is 5. The Morgan fingerprint density at radius 1 is 1.19 bits per heavy atom. The molecule has 1 fully saturated rings. The van der Waals surface area contributed by atoms with Crippen LogP contribution in [0.3, 0.4) is 0 Å². The molecule has 1 aromatic carbocycles. The van der Waals surface area contributed by atoms with Gasteiger partial charge in [-0.1, -0.05) is 24.3 Å². The van der Waals surface area contributed by atoms with E-state index in [9.17, 15) is 0 Å². The van der Waals surface area contributed by atoms with Gasteiger partial charge in [0.25, 0.3) is 0 Å². The number of benzene rings is 1. The van der Waals surface area contributed by atoms with E-state index < -0.39 is 0 Å². The minimum Gasteiger partial charge on any atom is -0.369 e. The average molecular weight is 480 g/mol. The lowest BCUT2D eigenvalue weighted by Gasteiger charge is -2.20. The number of pyridine rings is 1. The lowest BCUT2D eigenvalue weighted by atomic mass is 10.2. The molecule has 146 valence electrons. The molecule has 2 heterocycles. The van der Waals surface area contributed by atoms with Crippen LogP contribution in [-0.4, -0.2) is 51.2 Å². The van der Waals surface area contributed by atoms with Crippen LogP contribution in [0.1, 0.15) is 12.1 Å². The number of anilines is 2. The molecule has 0 spiro atoms. The van der Waals surface area contributed by atoms with E-state index >= 15 is 0 Å². The molecule has 2 N–H and O–H groups in total. The first-order chi connectivity index (χ1) is 12.7. The molecule has 27 heavy (non-hydrogen) atoms. The predicted octanol–water partition coefficient (Wildman–Crippen LogP) is 2.71. The van der Waals surface area contributed by atoms with Gasteiger partial charge in [-0.3, -0.25) is 4.99 Å². The van der Waals surface area contributed by atoms with Gasteiger partial charge in [0.15, 0.2) is 5.96 Å². The van der Waals surface area contributed by atoms with E-state index in [0.717, 1.165) is 37.0 Å². The standard InChI is InChI=1S/C20H28N6.HI/c1-21-20(22-14-16-8-7-11-19(23-16)25(2)3)24-17-12-13-26(15-17)18-9-5-4-6-10-18;/h4-11,17H,12-15H2,1-3H3,(H2,21,22,24);1H. The van der Waals surface area contributed by atoms with Crippen LogP contribution in [-0.2, 0) is 6.54 Å². The summed E-state index contributed by atoms with van der Waals surface area (Å²) in [4.78, 5) is 13.4. The van der Waals surface area contributed by atoms with Crippen LogP contribution in [0.5, 0.6) is 0 Å². The minimum atomic E-state index is 0. The molecule has 7 heteroatoms. The van der Waals surface area contributed by atoms with Gasteiger partial charge in [-0.05, 0) is 30.7 Å². The SMILES string of the molecule is CN=C(NCc1cccc(N(C)C)n1)NC1CCN(c2ccccc2)C1.I. The van der Waals surface area contributed by atoms with Gasteiger partial charge in [-0.15, -0.1) is 24.0 Å². The second-order valence-corrected chi connectivity index (χ2v) is 6.72. The predicted molar refractivity (Wildman–Crippen MR) is 124 cm³/mol. The number of hydrogen-bond acceptors (Lipinski definition) is 4. The topological polar surface area (TPSA) is 55.8 Å². The van der Waals surface area contributed by atoms with Gasteiger partial charge in [0.1, 0.15) is 5.82 Å². The van der Waals surface area contributed by atoms with Crippen molar-refractivity contribution in [3.8, 4) is 0 Å². The first kappa shape index (κ1) is 21.3. The van der Waals surface area contributed by atoms with Crippen molar-refractivity contribution in [2.24, 2.45) is 4.99 Å². The third kappa shape index (κ3) is 5.98. The number of nitrogens with zero attached hydrogens (tertiary/aromatic N) is 4. The molecule has 6 nitrogen and oxygen atoms in total. The fraction of sp³-hybridized carbons (Fsp3) is 0.400. The normalized spacial score (nSPS) is 16.6. The minimum absolute atomic E-state index is 0. The maximum absolute atomic E-state index is 4.63. The van der Waals surface area contributed by atoms with Crippen LogP contribution in [0.4, 0.5) is 11.5 Å². The number of guanidine groups is 1. The lowest BCUT2D eigenvalue weighted by Crippen LogP contribution is -2.44.